The number of ether oxygens (including phenoxy) is 2. The van der Waals surface area contributed by atoms with Crippen molar-refractivity contribution in [3.63, 3.8) is 0 Å². The van der Waals surface area contributed by atoms with E-state index in [2.05, 4.69) is 9.47 Å². The van der Waals surface area contributed by atoms with Crippen molar-refractivity contribution in [1.82, 2.24) is 4.90 Å². The smallest absolute Gasteiger partial charge is 0.455 e. The van der Waals surface area contributed by atoms with E-state index >= 15 is 0 Å². The van der Waals surface area contributed by atoms with Crippen molar-refractivity contribution in [2.75, 3.05) is 27.4 Å². The fraction of sp³-hybridized carbons (Fsp3) is 0.933. The second kappa shape index (κ2) is 10.4. The molecule has 0 aromatic rings. The number of halogens is 17. The zero-order valence-corrected chi connectivity index (χ0v) is 17.7. The van der Waals surface area contributed by atoms with Gasteiger partial charge in [-0.1, -0.05) is 0 Å². The van der Waals surface area contributed by atoms with Crippen LogP contribution < -0.4 is 0 Å². The van der Waals surface area contributed by atoms with Gasteiger partial charge in [0, 0.05) is 6.54 Å². The Morgan fingerprint density at radius 2 is 1.03 bits per heavy atom. The summed E-state index contributed by atoms with van der Waals surface area (Å²) in [7, 11) is 1.82. The summed E-state index contributed by atoms with van der Waals surface area (Å²) < 4.78 is 235. The lowest BCUT2D eigenvalue weighted by atomic mass is 9.86. The Morgan fingerprint density at radius 3 is 1.32 bits per heavy atom. The van der Waals surface area contributed by atoms with Crippen LogP contribution in [0.1, 0.15) is 0 Å². The number of carbonyl (C=O) groups excluding carboxylic acids is 1. The largest absolute Gasteiger partial charge is 0.460 e. The zero-order chi connectivity index (χ0) is 30.3. The van der Waals surface area contributed by atoms with E-state index in [0.29, 0.717) is 4.90 Å². The van der Waals surface area contributed by atoms with Gasteiger partial charge >= 0.3 is 47.6 Å². The van der Waals surface area contributed by atoms with Crippen LogP contribution in [0.3, 0.4) is 0 Å². The Bertz CT molecular complexity index is 783. The Kier molecular flexibility index (Phi) is 9.86. The molecule has 0 aromatic heterocycles. The van der Waals surface area contributed by atoms with Gasteiger partial charge in [0.15, 0.2) is 6.10 Å². The minimum Gasteiger partial charge on any atom is -0.455 e. The molecule has 222 valence electrons. The van der Waals surface area contributed by atoms with Crippen LogP contribution in [0.15, 0.2) is 0 Å². The number of alkyl halides is 17. The number of rotatable bonds is 14. The van der Waals surface area contributed by atoms with Gasteiger partial charge in [0.2, 0.25) is 0 Å². The highest BCUT2D eigenvalue weighted by atomic mass is 19.4. The molecule has 0 bridgehead atoms. The summed E-state index contributed by atoms with van der Waals surface area (Å²) in [5.74, 6) is -58.1. The standard InChI is InChI=1S/C15H14F17NO4/c1-33(2)3-6(36-4-34)7(37-5-35)8(16,17)9(18,19)10(20,21)11(22,23)12(24,25)13(26,27)14(28,29)15(30,31)32/h5-7,34H,3-4H2,1-2H3. The van der Waals surface area contributed by atoms with Crippen LogP contribution in [0.4, 0.5) is 74.6 Å². The minimum absolute atomic E-state index is 0.677. The molecule has 0 heterocycles. The number of likely N-dealkylation sites (N-methyl/N-ethyl adjacent to an activating group) is 1. The van der Waals surface area contributed by atoms with E-state index < -0.39 is 79.7 Å². The molecule has 0 aliphatic heterocycles. The van der Waals surface area contributed by atoms with E-state index in [-0.39, 0.29) is 0 Å². The zero-order valence-electron chi connectivity index (χ0n) is 17.7. The van der Waals surface area contributed by atoms with Gasteiger partial charge in [0.1, 0.15) is 12.9 Å². The van der Waals surface area contributed by atoms with Gasteiger partial charge < -0.3 is 19.5 Å². The fourth-order valence-corrected chi connectivity index (χ4v) is 2.51. The molecule has 0 aliphatic rings. The number of nitrogens with zero attached hydrogens (tertiary/aromatic N) is 1. The molecule has 0 aromatic carbocycles. The normalized spacial score (nSPS) is 17.1. The Balaban J connectivity index is 7.02. The number of aliphatic hydroxyl groups excluding tert-OH is 1. The second-order valence-corrected chi connectivity index (χ2v) is 7.32. The number of hydrogen-bond donors (Lipinski definition) is 1. The summed E-state index contributed by atoms with van der Waals surface area (Å²) in [5.41, 5.74) is 0. The van der Waals surface area contributed by atoms with Crippen LogP contribution in [0.25, 0.3) is 0 Å². The molecular formula is C15H14F17NO4. The van der Waals surface area contributed by atoms with Crippen molar-refractivity contribution in [3.8, 4) is 0 Å². The van der Waals surface area contributed by atoms with Gasteiger partial charge in [-0.3, -0.25) is 4.79 Å². The topological polar surface area (TPSA) is 59.0 Å². The molecule has 22 heteroatoms. The molecule has 0 spiro atoms. The lowest BCUT2D eigenvalue weighted by Crippen LogP contribution is -2.75. The van der Waals surface area contributed by atoms with Crippen LogP contribution in [0, 0.1) is 0 Å². The molecule has 0 amide bonds. The van der Waals surface area contributed by atoms with Gasteiger partial charge in [-0.25, -0.2) is 0 Å². The van der Waals surface area contributed by atoms with Crippen LogP contribution in [-0.2, 0) is 14.3 Å². The molecule has 37 heavy (non-hydrogen) atoms. The van der Waals surface area contributed by atoms with Crippen molar-refractivity contribution in [2.24, 2.45) is 0 Å². The first-order valence-corrected chi connectivity index (χ1v) is 8.75. The van der Waals surface area contributed by atoms with E-state index in [1.807, 2.05) is 0 Å². The summed E-state index contributed by atoms with van der Waals surface area (Å²) in [6, 6.07) is 0. The highest BCUT2D eigenvalue weighted by Gasteiger charge is 2.95. The molecule has 0 aliphatic carbocycles. The molecule has 0 saturated carbocycles. The highest BCUT2D eigenvalue weighted by Crippen LogP contribution is 2.64. The third-order valence-electron chi connectivity index (χ3n) is 4.48. The Hall–Kier alpha value is -1.84. The van der Waals surface area contributed by atoms with Crippen molar-refractivity contribution in [1.29, 1.82) is 0 Å². The van der Waals surface area contributed by atoms with Crippen molar-refractivity contribution in [3.05, 3.63) is 0 Å². The molecule has 5 nitrogen and oxygen atoms in total. The van der Waals surface area contributed by atoms with E-state index in [1.165, 1.54) is 0 Å². The average Bonchev–Trinajstić information content (AvgIpc) is 2.69. The molecule has 1 N–H and O–H groups in total. The van der Waals surface area contributed by atoms with Gasteiger partial charge in [-0.05, 0) is 14.1 Å². The van der Waals surface area contributed by atoms with E-state index in [4.69, 9.17) is 5.11 Å². The quantitative estimate of drug-likeness (QED) is 0.183. The summed E-state index contributed by atoms with van der Waals surface area (Å²) in [5, 5.41) is 8.63. The molecule has 0 radical (unpaired) electrons. The average molecular weight is 595 g/mol. The molecule has 0 fully saturated rings. The summed E-state index contributed by atoms with van der Waals surface area (Å²) in [4.78, 5) is 11.1. The number of aliphatic hydroxyl groups is 1. The summed E-state index contributed by atoms with van der Waals surface area (Å²) in [6.45, 7) is -4.16. The molecular weight excluding hydrogens is 581 g/mol. The number of hydrogen-bond acceptors (Lipinski definition) is 5. The van der Waals surface area contributed by atoms with Gasteiger partial charge in [-0.2, -0.15) is 74.6 Å². The minimum atomic E-state index is -8.78. The first-order valence-electron chi connectivity index (χ1n) is 8.75. The molecule has 0 saturated heterocycles. The maximum Gasteiger partial charge on any atom is 0.460 e. The molecule has 2 atom stereocenters. The van der Waals surface area contributed by atoms with E-state index in [0.717, 1.165) is 14.1 Å². The van der Waals surface area contributed by atoms with Gasteiger partial charge in [-0.15, -0.1) is 0 Å². The van der Waals surface area contributed by atoms with Gasteiger partial charge in [0.05, 0.1) is 0 Å². The predicted molar refractivity (Wildman–Crippen MR) is 82.1 cm³/mol. The summed E-state index contributed by atoms with van der Waals surface area (Å²) >= 11 is 0. The van der Waals surface area contributed by atoms with E-state index in [1.54, 1.807) is 0 Å². The monoisotopic (exact) mass is 595 g/mol. The van der Waals surface area contributed by atoms with Crippen LogP contribution in [0.2, 0.25) is 0 Å². The van der Waals surface area contributed by atoms with Crippen molar-refractivity contribution in [2.45, 2.75) is 59.8 Å². The lowest BCUT2D eigenvalue weighted by molar-refractivity contribution is -0.464. The van der Waals surface area contributed by atoms with Gasteiger partial charge in [0.25, 0.3) is 6.47 Å². The third-order valence-corrected chi connectivity index (χ3v) is 4.48. The molecule has 0 rings (SSSR count). The van der Waals surface area contributed by atoms with Crippen LogP contribution in [-0.4, -0.2) is 104 Å². The van der Waals surface area contributed by atoms with E-state index in [9.17, 15) is 79.4 Å². The fourth-order valence-electron chi connectivity index (χ4n) is 2.51. The third kappa shape index (κ3) is 5.36. The van der Waals surface area contributed by atoms with Crippen LogP contribution in [0.5, 0.6) is 0 Å². The highest BCUT2D eigenvalue weighted by molar-refractivity contribution is 5.38. The predicted octanol–water partition coefficient (Wildman–Crippen LogP) is 4.43. The maximum absolute atomic E-state index is 14.4. The summed E-state index contributed by atoms with van der Waals surface area (Å²) in [6.07, 6.45) is -14.9. The molecule has 2 unspecified atom stereocenters. The maximum atomic E-state index is 14.4. The van der Waals surface area contributed by atoms with Crippen molar-refractivity contribution < 1.29 is 94.0 Å². The Morgan fingerprint density at radius 1 is 0.676 bits per heavy atom. The SMILES string of the molecule is CN(C)CC(OCO)C(OC=O)C(F)(F)C(F)(F)C(F)(F)C(F)(F)C(F)(F)C(F)(F)C(F)(F)C(F)(F)F. The van der Waals surface area contributed by atoms with Crippen molar-refractivity contribution >= 4 is 6.47 Å². The lowest BCUT2D eigenvalue weighted by Gasteiger charge is -2.44. The number of carbonyl (C=O) groups is 1. The van der Waals surface area contributed by atoms with Crippen LogP contribution >= 0.6 is 0 Å². The first-order chi connectivity index (χ1) is 16.1. The first kappa shape index (κ1) is 35.2. The second-order valence-electron chi connectivity index (χ2n) is 7.32. The Labute approximate surface area is 194 Å².